The Kier molecular flexibility index (Phi) is 19.0. The summed E-state index contributed by atoms with van der Waals surface area (Å²) in [6, 6.07) is 0. The first-order valence-electron chi connectivity index (χ1n) is 31.6. The van der Waals surface area contributed by atoms with Crippen LogP contribution in [0.25, 0.3) is 64.6 Å². The molecule has 3 aromatic carbocycles. The van der Waals surface area contributed by atoms with Crippen molar-refractivity contribution in [3.63, 3.8) is 0 Å². The number of benzene rings is 3. The molecule has 0 amide bonds. The molecular formula is C72H60Br6N6O12. The molecule has 492 valence electrons. The van der Waals surface area contributed by atoms with E-state index in [1.807, 2.05) is 0 Å². The van der Waals surface area contributed by atoms with Crippen molar-refractivity contribution in [1.82, 2.24) is 27.4 Å². The molecule has 4 aliphatic rings. The molecule has 0 unspecified atom stereocenters. The molecule has 0 radical (unpaired) electrons. The van der Waals surface area contributed by atoms with Gasteiger partial charge >= 0.3 is 0 Å². The molecule has 0 atom stereocenters. The van der Waals surface area contributed by atoms with E-state index < -0.39 is 99.9 Å². The van der Waals surface area contributed by atoms with E-state index in [2.05, 4.69) is 167 Å². The van der Waals surface area contributed by atoms with Gasteiger partial charge in [-0.2, -0.15) is 0 Å². The molecular weight excluding hydrogens is 1620 g/mol. The molecule has 9 aromatic rings. The Morgan fingerprint density at radius 1 is 0.198 bits per heavy atom. The summed E-state index contributed by atoms with van der Waals surface area (Å²) in [6.07, 6.45) is 1.01. The number of nitrogens with zero attached hydrogens (tertiary/aromatic N) is 6. The minimum Gasteiger partial charge on any atom is -0.268 e. The standard InChI is InChI=1S/C72H60Br6N6O12/c1-13-67(14-2)31-25-26-32-68(15-3,16-4)80-59(89)41-42(60(80)90)52(76)44-43(51(41)75)61(91)82(62(44)92)71(21-9,22-10)35-29-30-36-72(23-11,24-12)84-65(95)47-48(66(84)96)54(78)46-45(53(47)77)63(93)83(64(46)94)70(19-7,20-8)34-28-27-33-69(17-5,18-6)81-57(87)39-40(58(81)88)50(74)38-37(49(39)73)55(85)79(67)56(38)86/h13-24H2,1-12H3. The van der Waals surface area contributed by atoms with Gasteiger partial charge in [0.05, 0.1) is 64.6 Å². The van der Waals surface area contributed by atoms with Gasteiger partial charge in [0.1, 0.15) is 33.2 Å². The molecule has 4 aliphatic heterocycles. The first-order valence-corrected chi connectivity index (χ1v) is 36.3. The lowest BCUT2D eigenvalue weighted by atomic mass is 9.92. The molecule has 10 heterocycles. The molecule has 96 heavy (non-hydrogen) atoms. The Balaban J connectivity index is 1.31. The summed E-state index contributed by atoms with van der Waals surface area (Å²) in [5.41, 5.74) is -19.1. The largest absolute Gasteiger partial charge is 0.268 e. The van der Waals surface area contributed by atoms with Crippen LogP contribution in [-0.2, 0) is 33.2 Å². The van der Waals surface area contributed by atoms with Gasteiger partial charge < -0.3 is 0 Å². The zero-order valence-corrected chi connectivity index (χ0v) is 63.9. The molecule has 24 heteroatoms. The summed E-state index contributed by atoms with van der Waals surface area (Å²) in [7, 11) is 0. The molecule has 18 bridgehead atoms. The number of rotatable bonds is 12. The van der Waals surface area contributed by atoms with Crippen LogP contribution in [-0.4, -0.2) is 27.4 Å². The Hall–Kier alpha value is -7.26. The van der Waals surface area contributed by atoms with Crippen molar-refractivity contribution >= 4 is 160 Å². The first kappa shape index (κ1) is 71.5. The van der Waals surface area contributed by atoms with Crippen molar-refractivity contribution in [2.75, 3.05) is 0 Å². The molecule has 18 nitrogen and oxygen atoms in total. The Bertz CT molecular complexity index is 4880. The third kappa shape index (κ3) is 9.45. The average molecular weight is 1680 g/mol. The van der Waals surface area contributed by atoms with Crippen LogP contribution in [0, 0.1) is 71.0 Å². The van der Waals surface area contributed by atoms with Gasteiger partial charge in [0.25, 0.3) is 66.7 Å². The maximum absolute atomic E-state index is 15.0. The lowest BCUT2D eigenvalue weighted by Crippen LogP contribution is -2.44. The van der Waals surface area contributed by atoms with Crippen LogP contribution in [0.5, 0.6) is 0 Å². The Morgan fingerprint density at radius 3 is 0.354 bits per heavy atom. The summed E-state index contributed by atoms with van der Waals surface area (Å²) in [4.78, 5) is 180. The highest BCUT2D eigenvalue weighted by molar-refractivity contribution is 9.11. The fourth-order valence-corrected chi connectivity index (χ4v) is 18.8. The minimum absolute atomic E-state index is 0.0845. The van der Waals surface area contributed by atoms with E-state index in [1.165, 1.54) is 0 Å². The maximum Gasteiger partial charge on any atom is 0.264 e. The molecule has 6 aromatic heterocycles. The zero-order valence-electron chi connectivity index (χ0n) is 54.3. The average Bonchev–Trinajstić information content (AvgIpc) is 1.56. The van der Waals surface area contributed by atoms with E-state index in [1.54, 1.807) is 83.1 Å². The van der Waals surface area contributed by atoms with Gasteiger partial charge in [0.15, 0.2) is 0 Å². The highest BCUT2D eigenvalue weighted by Crippen LogP contribution is 2.41. The van der Waals surface area contributed by atoms with Crippen molar-refractivity contribution in [2.45, 2.75) is 193 Å². The topological polar surface area (TPSA) is 234 Å². The summed E-state index contributed by atoms with van der Waals surface area (Å²) in [5.74, 6) is 35.4. The summed E-state index contributed by atoms with van der Waals surface area (Å²) < 4.78 is 5.26. The first-order chi connectivity index (χ1) is 45.5. The van der Waals surface area contributed by atoms with Crippen molar-refractivity contribution in [3.05, 3.63) is 151 Å². The van der Waals surface area contributed by atoms with Gasteiger partial charge in [-0.05, 0) is 208 Å². The number of hydrogen-bond acceptors (Lipinski definition) is 12. The molecule has 0 saturated heterocycles. The molecule has 0 aliphatic carbocycles. The molecule has 0 N–H and O–H groups in total. The van der Waals surface area contributed by atoms with Crippen molar-refractivity contribution in [3.8, 4) is 71.0 Å². The molecule has 13 rings (SSSR count). The van der Waals surface area contributed by atoms with Crippen LogP contribution in [0.2, 0.25) is 0 Å². The lowest BCUT2D eigenvalue weighted by molar-refractivity contribution is 0.345. The fraction of sp³-hybridized carbons (Fsp3) is 0.417. The number of aromatic nitrogens is 6. The molecule has 0 fully saturated rings. The number of hydrogen-bond donors (Lipinski definition) is 0. The molecule has 0 spiro atoms. The summed E-state index contributed by atoms with van der Waals surface area (Å²) >= 11 is 20.9. The van der Waals surface area contributed by atoms with E-state index in [-0.39, 0.29) is 169 Å². The van der Waals surface area contributed by atoms with Crippen molar-refractivity contribution < 1.29 is 0 Å². The second-order valence-corrected chi connectivity index (χ2v) is 28.7. The van der Waals surface area contributed by atoms with Crippen molar-refractivity contribution in [1.29, 1.82) is 0 Å². The van der Waals surface area contributed by atoms with Crippen LogP contribution >= 0.6 is 95.6 Å². The van der Waals surface area contributed by atoms with Gasteiger partial charge in [0, 0.05) is 26.8 Å². The second kappa shape index (κ2) is 25.5. The van der Waals surface area contributed by atoms with Crippen LogP contribution in [0.15, 0.2) is 84.4 Å². The highest BCUT2D eigenvalue weighted by Gasteiger charge is 2.43. The quantitative estimate of drug-likeness (QED) is 0.104. The minimum atomic E-state index is -1.54. The van der Waals surface area contributed by atoms with Gasteiger partial charge in [-0.25, -0.2) is 0 Å². The van der Waals surface area contributed by atoms with E-state index >= 15 is 57.5 Å². The SMILES string of the molecule is CCC1(CC)C#CC#CC(CC)(CC)n2c(=O)c3c(Br)c4c(=O)n(c(=O)c4c(Br)c3c2=O)C(CC)(CC)C#CC#CC(CC)(CC)n2c(=O)c3c(Br)c4c(=O)n(c(=O)c4c(Br)c3c2=O)C(CC)(CC)C#CC#CC(CC)(CC)n2c(=O)c3c(Br)c4c(=O)n1c(=O)c4c(Br)c3c2=O. The molecule has 0 saturated carbocycles. The maximum atomic E-state index is 15.0. The fourth-order valence-electron chi connectivity index (χ4n) is 14.4. The van der Waals surface area contributed by atoms with Gasteiger partial charge in [-0.1, -0.05) is 119 Å². The van der Waals surface area contributed by atoms with E-state index in [9.17, 15) is 0 Å². The van der Waals surface area contributed by atoms with E-state index in [4.69, 9.17) is 0 Å². The van der Waals surface area contributed by atoms with Crippen LogP contribution < -0.4 is 66.7 Å². The van der Waals surface area contributed by atoms with Crippen LogP contribution in [0.1, 0.15) is 160 Å². The predicted octanol–water partition coefficient (Wildman–Crippen LogP) is 10.5. The smallest absolute Gasteiger partial charge is 0.264 e. The Morgan fingerprint density at radius 2 is 0.281 bits per heavy atom. The van der Waals surface area contributed by atoms with E-state index in [0.29, 0.717) is 0 Å². The van der Waals surface area contributed by atoms with Crippen molar-refractivity contribution in [2.24, 2.45) is 0 Å². The normalized spacial score (nSPS) is 16.1. The van der Waals surface area contributed by atoms with E-state index in [0.717, 1.165) is 27.4 Å². The zero-order chi connectivity index (χ0) is 70.8. The summed E-state index contributed by atoms with van der Waals surface area (Å²) in [5, 5.41) is -2.39. The van der Waals surface area contributed by atoms with Gasteiger partial charge in [-0.15, -0.1) is 0 Å². The monoisotopic (exact) mass is 1670 g/mol. The summed E-state index contributed by atoms with van der Waals surface area (Å²) in [6.45, 7) is 20.7. The third-order valence-electron chi connectivity index (χ3n) is 20.7. The van der Waals surface area contributed by atoms with Gasteiger partial charge in [0.2, 0.25) is 0 Å². The second-order valence-electron chi connectivity index (χ2n) is 24.0. The number of halogens is 6. The lowest BCUT2D eigenvalue weighted by Gasteiger charge is -2.26. The van der Waals surface area contributed by atoms with Gasteiger partial charge in [-0.3, -0.25) is 84.9 Å². The Labute approximate surface area is 598 Å². The van der Waals surface area contributed by atoms with Crippen LogP contribution in [0.3, 0.4) is 0 Å². The predicted molar refractivity (Wildman–Crippen MR) is 399 cm³/mol. The third-order valence-corrected chi connectivity index (χ3v) is 25.4. The highest BCUT2D eigenvalue weighted by atomic mass is 79.9. The van der Waals surface area contributed by atoms with Crippen LogP contribution in [0.4, 0.5) is 0 Å².